The van der Waals surface area contributed by atoms with Gasteiger partial charge < -0.3 is 9.88 Å². The van der Waals surface area contributed by atoms with E-state index in [9.17, 15) is 4.79 Å². The number of pyridine rings is 2. The van der Waals surface area contributed by atoms with Crippen LogP contribution in [0.5, 0.6) is 0 Å². The van der Waals surface area contributed by atoms with Crippen molar-refractivity contribution in [1.29, 1.82) is 0 Å². The number of aryl methyl sites for hydroxylation is 1. The second kappa shape index (κ2) is 8.11. The van der Waals surface area contributed by atoms with Crippen molar-refractivity contribution in [2.45, 2.75) is 19.9 Å². The smallest absolute Gasteiger partial charge is 0.310 e. The van der Waals surface area contributed by atoms with E-state index < -0.39 is 6.03 Å². The van der Waals surface area contributed by atoms with Crippen molar-refractivity contribution in [3.8, 4) is 22.8 Å². The quantitative estimate of drug-likeness (QED) is 0.528. The van der Waals surface area contributed by atoms with Gasteiger partial charge in [0.2, 0.25) is 0 Å². The highest BCUT2D eigenvalue weighted by Gasteiger charge is 2.12. The number of nitrogens with one attached hydrogen (secondary N) is 2. The lowest BCUT2D eigenvalue weighted by Crippen LogP contribution is -2.20. The molecule has 0 fully saturated rings. The third-order valence-corrected chi connectivity index (χ3v) is 4.37. The summed E-state index contributed by atoms with van der Waals surface area (Å²) < 4.78 is 3.63. The number of carbonyl (C=O) groups is 1. The van der Waals surface area contributed by atoms with Crippen molar-refractivity contribution < 1.29 is 4.79 Å². The molecule has 10 nitrogen and oxygen atoms in total. The van der Waals surface area contributed by atoms with Crippen molar-refractivity contribution in [3.05, 3.63) is 55.2 Å². The Bertz CT molecular complexity index is 1160. The van der Waals surface area contributed by atoms with Gasteiger partial charge in [0.05, 0.1) is 23.8 Å². The maximum Gasteiger partial charge on any atom is 0.324 e. The van der Waals surface area contributed by atoms with Gasteiger partial charge in [0.1, 0.15) is 17.8 Å². The number of nitrogens with zero attached hydrogens (tertiary/aromatic N) is 7. The molecule has 4 aromatic rings. The van der Waals surface area contributed by atoms with Gasteiger partial charge in [-0.1, -0.05) is 6.07 Å². The van der Waals surface area contributed by atoms with E-state index in [-0.39, 0.29) is 6.04 Å². The minimum Gasteiger partial charge on any atom is -0.310 e. The molecule has 4 aromatic heterocycles. The van der Waals surface area contributed by atoms with E-state index in [1.54, 1.807) is 35.5 Å². The lowest BCUT2D eigenvalue weighted by Gasteiger charge is -2.11. The maximum atomic E-state index is 12.4. The van der Waals surface area contributed by atoms with Crippen LogP contribution < -0.4 is 10.6 Å². The van der Waals surface area contributed by atoms with Gasteiger partial charge in [0.15, 0.2) is 5.82 Å². The lowest BCUT2D eigenvalue weighted by molar-refractivity contribution is 0.262. The Labute approximate surface area is 173 Å². The lowest BCUT2D eigenvalue weighted by atomic mass is 10.2. The monoisotopic (exact) mass is 403 g/mol. The van der Waals surface area contributed by atoms with E-state index in [1.807, 2.05) is 49.9 Å². The van der Waals surface area contributed by atoms with Crippen LogP contribution in [-0.4, -0.2) is 40.5 Å². The zero-order valence-electron chi connectivity index (χ0n) is 16.8. The van der Waals surface area contributed by atoms with Gasteiger partial charge in [-0.05, 0) is 38.1 Å². The first-order valence-electron chi connectivity index (χ1n) is 9.39. The Morgan fingerprint density at radius 1 is 1.07 bits per heavy atom. The zero-order chi connectivity index (χ0) is 21.1. The van der Waals surface area contributed by atoms with Gasteiger partial charge >= 0.3 is 6.03 Å². The number of aromatic nitrogens is 7. The summed E-state index contributed by atoms with van der Waals surface area (Å²) in [4.78, 5) is 21.2. The Morgan fingerprint density at radius 2 is 1.93 bits per heavy atom. The molecule has 0 aliphatic carbocycles. The molecule has 4 rings (SSSR count). The van der Waals surface area contributed by atoms with Crippen LogP contribution in [0, 0.1) is 0 Å². The van der Waals surface area contributed by atoms with E-state index in [0.29, 0.717) is 23.0 Å². The molecular formula is C20H21N9O. The Kier molecular flexibility index (Phi) is 5.21. The molecular weight excluding hydrogens is 382 g/mol. The van der Waals surface area contributed by atoms with Gasteiger partial charge in [-0.15, -0.1) is 10.2 Å². The summed E-state index contributed by atoms with van der Waals surface area (Å²) in [5.74, 6) is 1.05. The molecule has 152 valence electrons. The fourth-order valence-electron chi connectivity index (χ4n) is 2.90. The van der Waals surface area contributed by atoms with E-state index in [0.717, 1.165) is 11.3 Å². The SMILES string of the molecule is CC(C)n1cnnc1-c1cccc(NC(=O)Nc2ccc(-c3cnn(C)c3)nc2)n1. The third-order valence-electron chi connectivity index (χ3n) is 4.37. The number of hydrogen-bond acceptors (Lipinski definition) is 6. The molecule has 30 heavy (non-hydrogen) atoms. The summed E-state index contributed by atoms with van der Waals surface area (Å²) in [5.41, 5.74) is 2.87. The summed E-state index contributed by atoms with van der Waals surface area (Å²) in [7, 11) is 1.85. The molecule has 0 saturated carbocycles. The predicted molar refractivity (Wildman–Crippen MR) is 113 cm³/mol. The van der Waals surface area contributed by atoms with E-state index in [1.165, 1.54) is 0 Å². The topological polar surface area (TPSA) is 115 Å². The molecule has 0 aliphatic heterocycles. The third kappa shape index (κ3) is 4.17. The summed E-state index contributed by atoms with van der Waals surface area (Å²) in [5, 5.41) is 17.7. The first-order valence-corrected chi connectivity index (χ1v) is 9.39. The van der Waals surface area contributed by atoms with Gasteiger partial charge in [0, 0.05) is 24.8 Å². The van der Waals surface area contributed by atoms with E-state index in [4.69, 9.17) is 0 Å². The standard InChI is InChI=1S/C20H21N9O/c1-13(2)29-12-22-27-19(29)17-5-4-6-18(25-17)26-20(30)24-15-7-8-16(21-10-15)14-9-23-28(3)11-14/h4-13H,1-3H3,(H2,24,25,26,30). The molecule has 2 amide bonds. The number of amides is 2. The molecule has 0 aliphatic rings. The van der Waals surface area contributed by atoms with Gasteiger partial charge in [-0.2, -0.15) is 5.10 Å². The molecule has 0 spiro atoms. The van der Waals surface area contributed by atoms with Gasteiger partial charge in [-0.3, -0.25) is 15.0 Å². The number of hydrogen-bond donors (Lipinski definition) is 2. The summed E-state index contributed by atoms with van der Waals surface area (Å²) in [6.07, 6.45) is 6.87. The van der Waals surface area contributed by atoms with Crippen molar-refractivity contribution >= 4 is 17.5 Å². The van der Waals surface area contributed by atoms with Crippen molar-refractivity contribution in [3.63, 3.8) is 0 Å². The number of anilines is 2. The van der Waals surface area contributed by atoms with Crippen LogP contribution in [-0.2, 0) is 7.05 Å². The summed E-state index contributed by atoms with van der Waals surface area (Å²) in [6.45, 7) is 4.08. The number of carbonyl (C=O) groups excluding carboxylic acids is 1. The largest absolute Gasteiger partial charge is 0.324 e. The fourth-order valence-corrected chi connectivity index (χ4v) is 2.90. The molecule has 10 heteroatoms. The van der Waals surface area contributed by atoms with Crippen molar-refractivity contribution in [2.24, 2.45) is 7.05 Å². The highest BCUT2D eigenvalue weighted by atomic mass is 16.2. The Hall–Kier alpha value is -4.08. The normalized spacial score (nSPS) is 10.9. The molecule has 0 saturated heterocycles. The molecule has 4 heterocycles. The molecule has 0 aromatic carbocycles. The van der Waals surface area contributed by atoms with Crippen LogP contribution in [0.1, 0.15) is 19.9 Å². The van der Waals surface area contributed by atoms with Gasteiger partial charge in [0.25, 0.3) is 0 Å². The minimum atomic E-state index is -0.416. The Balaban J connectivity index is 1.44. The first-order chi connectivity index (χ1) is 14.5. The second-order valence-corrected chi connectivity index (χ2v) is 6.98. The van der Waals surface area contributed by atoms with E-state index >= 15 is 0 Å². The molecule has 0 unspecified atom stereocenters. The van der Waals surface area contributed by atoms with Crippen LogP contribution in [0.3, 0.4) is 0 Å². The van der Waals surface area contributed by atoms with Crippen molar-refractivity contribution in [2.75, 3.05) is 10.6 Å². The molecule has 2 N–H and O–H groups in total. The highest BCUT2D eigenvalue weighted by Crippen LogP contribution is 2.20. The van der Waals surface area contributed by atoms with Gasteiger partial charge in [-0.25, -0.2) is 9.78 Å². The van der Waals surface area contributed by atoms with Crippen molar-refractivity contribution in [1.82, 2.24) is 34.5 Å². The van der Waals surface area contributed by atoms with Crippen LogP contribution in [0.2, 0.25) is 0 Å². The molecule has 0 bridgehead atoms. The number of urea groups is 1. The fraction of sp³-hybridized carbons (Fsp3) is 0.200. The Morgan fingerprint density at radius 3 is 2.63 bits per heavy atom. The van der Waals surface area contributed by atoms with Crippen LogP contribution in [0.4, 0.5) is 16.3 Å². The first kappa shape index (κ1) is 19.2. The predicted octanol–water partition coefficient (Wildman–Crippen LogP) is 3.36. The van der Waals surface area contributed by atoms with Crippen LogP contribution >= 0.6 is 0 Å². The molecule has 0 atom stereocenters. The van der Waals surface area contributed by atoms with Crippen LogP contribution in [0.25, 0.3) is 22.8 Å². The second-order valence-electron chi connectivity index (χ2n) is 6.98. The van der Waals surface area contributed by atoms with E-state index in [2.05, 4.69) is 35.9 Å². The average molecular weight is 403 g/mol. The van der Waals surface area contributed by atoms with Crippen LogP contribution in [0.15, 0.2) is 55.2 Å². The molecule has 0 radical (unpaired) electrons. The number of rotatable bonds is 5. The highest BCUT2D eigenvalue weighted by molar-refractivity contribution is 5.99. The minimum absolute atomic E-state index is 0.193. The average Bonchev–Trinajstić information content (AvgIpc) is 3.38. The zero-order valence-corrected chi connectivity index (χ0v) is 16.8. The summed E-state index contributed by atoms with van der Waals surface area (Å²) in [6, 6.07) is 8.73. The maximum absolute atomic E-state index is 12.4. The summed E-state index contributed by atoms with van der Waals surface area (Å²) >= 11 is 0.